The Morgan fingerprint density at radius 3 is 2.70 bits per heavy atom. The summed E-state index contributed by atoms with van der Waals surface area (Å²) in [6.45, 7) is 1.77. The summed E-state index contributed by atoms with van der Waals surface area (Å²) < 4.78 is 14.6. The molecule has 0 saturated heterocycles. The summed E-state index contributed by atoms with van der Waals surface area (Å²) in [5.41, 5.74) is 2.05. The second-order valence-corrected chi connectivity index (χ2v) is 7.20. The quantitative estimate of drug-likeness (QED) is 0.373. The lowest BCUT2D eigenvalue weighted by atomic mass is 10.2. The van der Waals surface area contributed by atoms with E-state index in [2.05, 4.69) is 15.4 Å². The number of hydrogen-bond donors (Lipinski definition) is 1. The van der Waals surface area contributed by atoms with Gasteiger partial charge in [-0.05, 0) is 37.3 Å². The summed E-state index contributed by atoms with van der Waals surface area (Å²) in [6, 6.07) is 13.1. The Bertz CT molecular complexity index is 1250. The number of anilines is 1. The number of nitrogens with one attached hydrogen (secondary N) is 1. The number of aromatic nitrogens is 3. The fraction of sp³-hybridized carbons (Fsp3) is 0.0500. The molecule has 0 spiro atoms. The van der Waals surface area contributed by atoms with E-state index in [9.17, 15) is 19.3 Å². The van der Waals surface area contributed by atoms with Crippen LogP contribution in [0.15, 0.2) is 60.0 Å². The van der Waals surface area contributed by atoms with Crippen LogP contribution in [0.4, 0.5) is 15.9 Å². The van der Waals surface area contributed by atoms with Crippen LogP contribution in [0.25, 0.3) is 16.4 Å². The minimum atomic E-state index is -0.558. The molecule has 2 heterocycles. The van der Waals surface area contributed by atoms with E-state index in [0.29, 0.717) is 22.3 Å². The van der Waals surface area contributed by atoms with E-state index in [4.69, 9.17) is 0 Å². The summed E-state index contributed by atoms with van der Waals surface area (Å²) >= 11 is 1.31. The van der Waals surface area contributed by atoms with Crippen LogP contribution in [0.1, 0.15) is 16.1 Å². The van der Waals surface area contributed by atoms with E-state index in [1.165, 1.54) is 52.4 Å². The summed E-state index contributed by atoms with van der Waals surface area (Å²) in [7, 11) is 0. The number of carbonyl (C=O) groups excluding carboxylic acids is 1. The zero-order valence-corrected chi connectivity index (χ0v) is 16.4. The van der Waals surface area contributed by atoms with Crippen LogP contribution in [-0.2, 0) is 0 Å². The fourth-order valence-electron chi connectivity index (χ4n) is 2.80. The molecule has 0 atom stereocenters. The van der Waals surface area contributed by atoms with Gasteiger partial charge in [-0.2, -0.15) is 9.78 Å². The van der Waals surface area contributed by atoms with Crippen LogP contribution in [0.5, 0.6) is 0 Å². The summed E-state index contributed by atoms with van der Waals surface area (Å²) in [5.74, 6) is -0.456. The number of carbonyl (C=O) groups is 1. The highest BCUT2D eigenvalue weighted by Crippen LogP contribution is 2.27. The van der Waals surface area contributed by atoms with Crippen molar-refractivity contribution in [1.29, 1.82) is 0 Å². The van der Waals surface area contributed by atoms with Crippen molar-refractivity contribution >= 4 is 28.7 Å². The Balaban J connectivity index is 1.62. The van der Waals surface area contributed by atoms with Gasteiger partial charge in [0.2, 0.25) is 5.13 Å². The monoisotopic (exact) mass is 423 g/mol. The molecular weight excluding hydrogens is 409 g/mol. The van der Waals surface area contributed by atoms with Gasteiger partial charge in [-0.3, -0.25) is 14.9 Å². The van der Waals surface area contributed by atoms with Crippen LogP contribution >= 0.6 is 11.3 Å². The van der Waals surface area contributed by atoms with Gasteiger partial charge in [-0.15, -0.1) is 11.3 Å². The molecule has 0 bridgehead atoms. The normalized spacial score (nSPS) is 10.7. The maximum atomic E-state index is 13.1. The van der Waals surface area contributed by atoms with Gasteiger partial charge in [0.25, 0.3) is 11.6 Å². The highest BCUT2D eigenvalue weighted by atomic mass is 32.1. The number of non-ortho nitro benzene ring substituents is 1. The van der Waals surface area contributed by atoms with Gasteiger partial charge in [-0.1, -0.05) is 6.07 Å². The smallest absolute Gasteiger partial charge is 0.270 e. The predicted octanol–water partition coefficient (Wildman–Crippen LogP) is 4.60. The van der Waals surface area contributed by atoms with E-state index in [-0.39, 0.29) is 17.1 Å². The van der Waals surface area contributed by atoms with E-state index in [1.54, 1.807) is 25.1 Å². The van der Waals surface area contributed by atoms with Gasteiger partial charge in [-0.25, -0.2) is 9.37 Å². The first-order valence-electron chi connectivity index (χ1n) is 8.75. The Morgan fingerprint density at radius 1 is 1.20 bits per heavy atom. The number of nitrogens with zero attached hydrogens (tertiary/aromatic N) is 4. The Hall–Kier alpha value is -3.92. The molecular formula is C20H14FN5O3S. The van der Waals surface area contributed by atoms with Crippen molar-refractivity contribution in [2.45, 2.75) is 6.92 Å². The molecule has 4 rings (SSSR count). The number of nitro benzene ring substituents is 1. The van der Waals surface area contributed by atoms with Gasteiger partial charge in [0.15, 0.2) is 0 Å². The fourth-order valence-corrected chi connectivity index (χ4v) is 3.59. The average molecular weight is 423 g/mol. The van der Waals surface area contributed by atoms with Gasteiger partial charge in [0.05, 0.1) is 16.3 Å². The number of nitro groups is 1. The Labute approximate surface area is 173 Å². The van der Waals surface area contributed by atoms with Gasteiger partial charge in [0, 0.05) is 34.7 Å². The minimum Gasteiger partial charge on any atom is -0.306 e. The number of rotatable bonds is 5. The number of halogens is 1. The highest BCUT2D eigenvalue weighted by molar-refractivity contribution is 7.12. The van der Waals surface area contributed by atoms with Crippen molar-refractivity contribution in [3.8, 4) is 16.4 Å². The molecule has 10 heteroatoms. The third-order valence-electron chi connectivity index (χ3n) is 4.21. The van der Waals surface area contributed by atoms with Crippen molar-refractivity contribution < 1.29 is 14.1 Å². The summed E-state index contributed by atoms with van der Waals surface area (Å²) in [6.07, 6.45) is 0. The third kappa shape index (κ3) is 3.94. The first kappa shape index (κ1) is 19.4. The van der Waals surface area contributed by atoms with Gasteiger partial charge in [0.1, 0.15) is 11.6 Å². The molecule has 150 valence electrons. The molecule has 0 aliphatic carbocycles. The number of aryl methyl sites for hydroxylation is 1. The van der Waals surface area contributed by atoms with Crippen LogP contribution < -0.4 is 5.32 Å². The molecule has 0 aliphatic rings. The maximum absolute atomic E-state index is 13.1. The first-order chi connectivity index (χ1) is 14.4. The molecule has 0 fully saturated rings. The molecule has 4 aromatic rings. The first-order valence-corrected chi connectivity index (χ1v) is 9.63. The van der Waals surface area contributed by atoms with Crippen molar-refractivity contribution in [2.75, 3.05) is 5.32 Å². The number of hydrogen-bond acceptors (Lipinski definition) is 6. The molecule has 0 unspecified atom stereocenters. The zero-order valence-electron chi connectivity index (χ0n) is 15.6. The third-order valence-corrected chi connectivity index (χ3v) is 5.02. The maximum Gasteiger partial charge on any atom is 0.270 e. The van der Waals surface area contributed by atoms with E-state index >= 15 is 0 Å². The standard InChI is InChI=1S/C20H14FN5O3S/c1-12-9-18(23-19(27)14-3-2-4-16(10-14)26(28)29)25(24-12)20-22-17(11-30-20)13-5-7-15(21)8-6-13/h2-11H,1H3,(H,23,27). The second kappa shape index (κ2) is 7.84. The van der Waals surface area contributed by atoms with Crippen molar-refractivity contribution in [1.82, 2.24) is 14.8 Å². The van der Waals surface area contributed by atoms with Crippen LogP contribution in [0.2, 0.25) is 0 Å². The lowest BCUT2D eigenvalue weighted by Gasteiger charge is -2.06. The zero-order chi connectivity index (χ0) is 21.3. The molecule has 0 radical (unpaired) electrons. The number of benzene rings is 2. The Kier molecular flexibility index (Phi) is 5.07. The minimum absolute atomic E-state index is 0.153. The summed E-state index contributed by atoms with van der Waals surface area (Å²) in [4.78, 5) is 27.5. The van der Waals surface area contributed by atoms with Gasteiger partial charge < -0.3 is 5.32 Å². The predicted molar refractivity (Wildman–Crippen MR) is 110 cm³/mol. The second-order valence-electron chi connectivity index (χ2n) is 6.37. The molecule has 2 aromatic carbocycles. The molecule has 8 nitrogen and oxygen atoms in total. The van der Waals surface area contributed by atoms with E-state index in [1.807, 2.05) is 5.38 Å². The molecule has 1 N–H and O–H groups in total. The van der Waals surface area contributed by atoms with Crippen LogP contribution in [-0.4, -0.2) is 25.6 Å². The topological polar surface area (TPSA) is 103 Å². The lowest BCUT2D eigenvalue weighted by Crippen LogP contribution is -2.15. The number of thiazole rings is 1. The SMILES string of the molecule is Cc1cc(NC(=O)c2cccc([N+](=O)[O-])c2)n(-c2nc(-c3ccc(F)cc3)cs2)n1. The highest BCUT2D eigenvalue weighted by Gasteiger charge is 2.17. The Morgan fingerprint density at radius 2 is 1.97 bits per heavy atom. The molecule has 30 heavy (non-hydrogen) atoms. The van der Waals surface area contributed by atoms with Gasteiger partial charge >= 0.3 is 0 Å². The van der Waals surface area contributed by atoms with Crippen molar-refractivity contribution in [2.24, 2.45) is 0 Å². The number of amides is 1. The van der Waals surface area contributed by atoms with E-state index < -0.39 is 10.8 Å². The largest absolute Gasteiger partial charge is 0.306 e. The van der Waals surface area contributed by atoms with E-state index in [0.717, 1.165) is 5.56 Å². The molecule has 2 aromatic heterocycles. The lowest BCUT2D eigenvalue weighted by molar-refractivity contribution is -0.384. The van der Waals surface area contributed by atoms with Crippen LogP contribution in [0.3, 0.4) is 0 Å². The van der Waals surface area contributed by atoms with Crippen molar-refractivity contribution in [3.63, 3.8) is 0 Å². The molecule has 0 aliphatic heterocycles. The summed E-state index contributed by atoms with van der Waals surface area (Å²) in [5, 5.41) is 20.4. The molecule has 0 saturated carbocycles. The van der Waals surface area contributed by atoms with Crippen LogP contribution in [0, 0.1) is 22.9 Å². The van der Waals surface area contributed by atoms with Crippen molar-refractivity contribution in [3.05, 3.63) is 87.2 Å². The average Bonchev–Trinajstić information content (AvgIpc) is 3.35. The molecule has 1 amide bonds.